The van der Waals surface area contributed by atoms with E-state index < -0.39 is 0 Å². The third-order valence-corrected chi connectivity index (χ3v) is 4.63. The zero-order chi connectivity index (χ0) is 15.5. The van der Waals surface area contributed by atoms with Crippen LogP contribution in [0.25, 0.3) is 0 Å². The Kier molecular flexibility index (Phi) is 8.59. The predicted molar refractivity (Wildman–Crippen MR) is 93.5 cm³/mol. The number of nitrogens with zero attached hydrogens (tertiary/aromatic N) is 1. The molecule has 2 rings (SSSR count). The second kappa shape index (κ2) is 10.8. The average Bonchev–Trinajstić information content (AvgIpc) is 2.56. The Labute approximate surface area is 136 Å². The summed E-state index contributed by atoms with van der Waals surface area (Å²) in [5.41, 5.74) is 2.78. The lowest BCUT2D eigenvalue weighted by Crippen LogP contribution is -2.29. The van der Waals surface area contributed by atoms with Crippen LogP contribution in [0.1, 0.15) is 82.3 Å². The van der Waals surface area contributed by atoms with Crippen LogP contribution in [0, 0.1) is 0 Å². The van der Waals surface area contributed by atoms with Gasteiger partial charge in [-0.3, -0.25) is 4.84 Å². The first-order valence-corrected chi connectivity index (χ1v) is 9.35. The molecule has 0 radical (unpaired) electrons. The summed E-state index contributed by atoms with van der Waals surface area (Å²) in [5, 5.41) is 2.15. The molecule has 0 aromatic heterocycles. The Morgan fingerprint density at radius 1 is 0.818 bits per heavy atom. The SMILES string of the molecule is CCCCCCCCCCCCN1Cc2ccccc2CO1. The standard InChI is InChI=1S/C20H33NO/c1-2-3-4-5-6-7-8-9-10-13-16-21-17-19-14-11-12-15-20(19)18-22-21/h11-12,14-15H,2-10,13,16-18H2,1H3. The van der Waals surface area contributed by atoms with E-state index in [0.29, 0.717) is 0 Å². The van der Waals surface area contributed by atoms with Gasteiger partial charge in [0.05, 0.1) is 6.61 Å². The number of unbranched alkanes of at least 4 members (excludes halogenated alkanes) is 9. The van der Waals surface area contributed by atoms with Gasteiger partial charge in [0.2, 0.25) is 0 Å². The van der Waals surface area contributed by atoms with Crippen molar-refractivity contribution in [3.05, 3.63) is 35.4 Å². The Balaban J connectivity index is 1.45. The number of hydrogen-bond donors (Lipinski definition) is 0. The van der Waals surface area contributed by atoms with Crippen molar-refractivity contribution in [1.82, 2.24) is 5.06 Å². The zero-order valence-corrected chi connectivity index (χ0v) is 14.4. The molecule has 1 aliphatic heterocycles. The molecule has 2 nitrogen and oxygen atoms in total. The van der Waals surface area contributed by atoms with Crippen molar-refractivity contribution < 1.29 is 4.84 Å². The van der Waals surface area contributed by atoms with Gasteiger partial charge in [0, 0.05) is 13.1 Å². The van der Waals surface area contributed by atoms with Crippen LogP contribution in [0.5, 0.6) is 0 Å². The van der Waals surface area contributed by atoms with E-state index in [-0.39, 0.29) is 0 Å². The van der Waals surface area contributed by atoms with E-state index in [1.54, 1.807) is 0 Å². The van der Waals surface area contributed by atoms with Gasteiger partial charge in [0.25, 0.3) is 0 Å². The van der Waals surface area contributed by atoms with Crippen LogP contribution in [-0.4, -0.2) is 11.6 Å². The third-order valence-electron chi connectivity index (χ3n) is 4.63. The second-order valence-electron chi connectivity index (χ2n) is 6.59. The summed E-state index contributed by atoms with van der Waals surface area (Å²) >= 11 is 0. The average molecular weight is 303 g/mol. The molecule has 1 aliphatic rings. The number of benzene rings is 1. The molecule has 0 unspecified atom stereocenters. The van der Waals surface area contributed by atoms with E-state index in [4.69, 9.17) is 4.84 Å². The zero-order valence-electron chi connectivity index (χ0n) is 14.4. The molecule has 0 saturated heterocycles. The van der Waals surface area contributed by atoms with Crippen LogP contribution < -0.4 is 0 Å². The van der Waals surface area contributed by atoms with Crippen LogP contribution in [0.4, 0.5) is 0 Å². The minimum absolute atomic E-state index is 0.744. The lowest BCUT2D eigenvalue weighted by atomic mass is 10.1. The van der Waals surface area contributed by atoms with Gasteiger partial charge in [-0.25, -0.2) is 0 Å². The van der Waals surface area contributed by atoms with Crippen molar-refractivity contribution in [1.29, 1.82) is 0 Å². The molecule has 0 saturated carbocycles. The molecular weight excluding hydrogens is 270 g/mol. The van der Waals surface area contributed by atoms with Crippen LogP contribution in [0.15, 0.2) is 24.3 Å². The second-order valence-corrected chi connectivity index (χ2v) is 6.59. The quantitative estimate of drug-likeness (QED) is 0.475. The maximum Gasteiger partial charge on any atom is 0.0939 e. The first-order valence-electron chi connectivity index (χ1n) is 9.35. The molecule has 1 aromatic carbocycles. The van der Waals surface area contributed by atoms with Crippen LogP contribution in [-0.2, 0) is 18.0 Å². The summed E-state index contributed by atoms with van der Waals surface area (Å²) in [5.74, 6) is 0. The first kappa shape index (κ1) is 17.5. The smallest absolute Gasteiger partial charge is 0.0939 e. The van der Waals surface area contributed by atoms with Gasteiger partial charge in [-0.05, 0) is 17.5 Å². The summed E-state index contributed by atoms with van der Waals surface area (Å²) in [6.45, 7) is 5.05. The maximum atomic E-state index is 5.82. The largest absolute Gasteiger partial charge is 0.294 e. The molecule has 0 amide bonds. The molecule has 0 spiro atoms. The van der Waals surface area contributed by atoms with Crippen molar-refractivity contribution >= 4 is 0 Å². The lowest BCUT2D eigenvalue weighted by Gasteiger charge is -2.28. The highest BCUT2D eigenvalue weighted by Gasteiger charge is 2.15. The molecule has 0 bridgehead atoms. The number of rotatable bonds is 11. The van der Waals surface area contributed by atoms with Crippen molar-refractivity contribution in [3.8, 4) is 0 Å². The number of fused-ring (bicyclic) bond motifs is 1. The monoisotopic (exact) mass is 303 g/mol. The van der Waals surface area contributed by atoms with Crippen LogP contribution >= 0.6 is 0 Å². The molecule has 0 atom stereocenters. The minimum atomic E-state index is 0.744. The maximum absolute atomic E-state index is 5.82. The fourth-order valence-corrected chi connectivity index (χ4v) is 3.17. The van der Waals surface area contributed by atoms with Gasteiger partial charge in [-0.2, -0.15) is 5.06 Å². The van der Waals surface area contributed by atoms with Gasteiger partial charge in [0.15, 0.2) is 0 Å². The number of hydroxylamine groups is 2. The molecule has 2 heteroatoms. The molecule has 0 aliphatic carbocycles. The highest BCUT2D eigenvalue weighted by Crippen LogP contribution is 2.20. The van der Waals surface area contributed by atoms with E-state index in [2.05, 4.69) is 36.3 Å². The molecule has 1 heterocycles. The van der Waals surface area contributed by atoms with Gasteiger partial charge >= 0.3 is 0 Å². The highest BCUT2D eigenvalue weighted by molar-refractivity contribution is 5.27. The predicted octanol–water partition coefficient (Wildman–Crippen LogP) is 5.85. The van der Waals surface area contributed by atoms with Crippen LogP contribution in [0.2, 0.25) is 0 Å². The summed E-state index contributed by atoms with van der Waals surface area (Å²) < 4.78 is 0. The van der Waals surface area contributed by atoms with E-state index in [9.17, 15) is 0 Å². The number of hydrogen-bond acceptors (Lipinski definition) is 2. The van der Waals surface area contributed by atoms with E-state index in [0.717, 1.165) is 19.7 Å². The third kappa shape index (κ3) is 6.50. The molecule has 22 heavy (non-hydrogen) atoms. The topological polar surface area (TPSA) is 12.5 Å². The molecule has 0 fully saturated rings. The van der Waals surface area contributed by atoms with Gasteiger partial charge in [0.1, 0.15) is 0 Å². The molecule has 1 aromatic rings. The molecular formula is C20H33NO. The molecule has 0 N–H and O–H groups in total. The summed E-state index contributed by atoms with van der Waals surface area (Å²) in [6, 6.07) is 8.62. The van der Waals surface area contributed by atoms with Crippen molar-refractivity contribution in [2.75, 3.05) is 6.54 Å². The van der Waals surface area contributed by atoms with Gasteiger partial charge in [-0.15, -0.1) is 0 Å². The molecule has 124 valence electrons. The summed E-state index contributed by atoms with van der Waals surface area (Å²) in [6.07, 6.45) is 13.9. The van der Waals surface area contributed by atoms with Crippen molar-refractivity contribution in [2.24, 2.45) is 0 Å². The minimum Gasteiger partial charge on any atom is -0.294 e. The Hall–Kier alpha value is -0.860. The van der Waals surface area contributed by atoms with E-state index >= 15 is 0 Å². The highest BCUT2D eigenvalue weighted by atomic mass is 16.7. The summed E-state index contributed by atoms with van der Waals surface area (Å²) in [4.78, 5) is 5.82. The fraction of sp³-hybridized carbons (Fsp3) is 0.700. The normalized spacial score (nSPS) is 15.0. The Bertz CT molecular complexity index is 404. The summed E-state index contributed by atoms with van der Waals surface area (Å²) in [7, 11) is 0. The first-order chi connectivity index (χ1) is 10.9. The van der Waals surface area contributed by atoms with E-state index in [1.165, 1.54) is 75.3 Å². The van der Waals surface area contributed by atoms with E-state index in [1.807, 2.05) is 0 Å². The van der Waals surface area contributed by atoms with Crippen LogP contribution in [0.3, 0.4) is 0 Å². The Morgan fingerprint density at radius 2 is 1.41 bits per heavy atom. The lowest BCUT2D eigenvalue weighted by molar-refractivity contribution is -0.187. The Morgan fingerprint density at radius 3 is 2.09 bits per heavy atom. The van der Waals surface area contributed by atoms with Gasteiger partial charge in [-0.1, -0.05) is 89.0 Å². The van der Waals surface area contributed by atoms with Crippen molar-refractivity contribution in [2.45, 2.75) is 84.3 Å². The van der Waals surface area contributed by atoms with Gasteiger partial charge < -0.3 is 0 Å². The van der Waals surface area contributed by atoms with Crippen molar-refractivity contribution in [3.63, 3.8) is 0 Å². The fourth-order valence-electron chi connectivity index (χ4n) is 3.17.